The number of halogens is 1. The number of amides is 1. The highest BCUT2D eigenvalue weighted by Gasteiger charge is 2.29. The number of thioether (sulfide) groups is 1. The van der Waals surface area contributed by atoms with Crippen LogP contribution in [0.25, 0.3) is 11.4 Å². The van der Waals surface area contributed by atoms with Crippen molar-refractivity contribution in [3.8, 4) is 17.1 Å². The van der Waals surface area contributed by atoms with Gasteiger partial charge in [0, 0.05) is 29.0 Å². The van der Waals surface area contributed by atoms with E-state index in [0.717, 1.165) is 23.0 Å². The Morgan fingerprint density at radius 2 is 2.12 bits per heavy atom. The van der Waals surface area contributed by atoms with Crippen LogP contribution in [-0.2, 0) is 4.79 Å². The van der Waals surface area contributed by atoms with Gasteiger partial charge in [-0.25, -0.2) is 0 Å². The van der Waals surface area contributed by atoms with Gasteiger partial charge in [-0.2, -0.15) is 0 Å². The molecule has 9 heteroatoms. The predicted molar refractivity (Wildman–Crippen MR) is 127 cm³/mol. The van der Waals surface area contributed by atoms with Gasteiger partial charge in [0.25, 0.3) is 0 Å². The molecular weight excluding hydrogens is 446 g/mol. The molecule has 168 valence electrons. The molecule has 7 nitrogen and oxygen atoms in total. The lowest BCUT2D eigenvalue weighted by Gasteiger charge is -2.31. The lowest BCUT2D eigenvalue weighted by molar-refractivity contribution is -0.113. The van der Waals surface area contributed by atoms with Gasteiger partial charge in [-0.1, -0.05) is 43.1 Å². The fraction of sp³-hybridized carbons (Fsp3) is 0.391. The monoisotopic (exact) mass is 471 g/mol. The summed E-state index contributed by atoms with van der Waals surface area (Å²) in [5.41, 5.74) is 1.47. The van der Waals surface area contributed by atoms with Crippen molar-refractivity contribution in [2.75, 3.05) is 18.2 Å². The lowest BCUT2D eigenvalue weighted by Crippen LogP contribution is -2.23. The molecule has 1 aromatic carbocycles. The summed E-state index contributed by atoms with van der Waals surface area (Å²) in [7, 11) is 1.56. The van der Waals surface area contributed by atoms with Crippen molar-refractivity contribution in [3.05, 3.63) is 47.7 Å². The van der Waals surface area contributed by atoms with Crippen LogP contribution < -0.4 is 10.1 Å². The van der Waals surface area contributed by atoms with Crippen molar-refractivity contribution in [1.82, 2.24) is 19.7 Å². The van der Waals surface area contributed by atoms with Crippen LogP contribution >= 0.6 is 23.4 Å². The lowest BCUT2D eigenvalue weighted by atomic mass is 9.85. The van der Waals surface area contributed by atoms with Crippen molar-refractivity contribution < 1.29 is 9.53 Å². The Morgan fingerprint density at radius 1 is 1.28 bits per heavy atom. The van der Waals surface area contributed by atoms with Crippen LogP contribution in [0.5, 0.6) is 5.75 Å². The second-order valence-corrected chi connectivity index (χ2v) is 9.31. The van der Waals surface area contributed by atoms with E-state index in [9.17, 15) is 4.79 Å². The number of nitrogens with one attached hydrogen (secondary N) is 1. The smallest absolute Gasteiger partial charge is 0.234 e. The second kappa shape index (κ2) is 10.4. The molecule has 1 amide bonds. The normalized spacial score (nSPS) is 18.3. The van der Waals surface area contributed by atoms with E-state index in [2.05, 4.69) is 32.0 Å². The summed E-state index contributed by atoms with van der Waals surface area (Å²) in [5, 5.41) is 13.1. The van der Waals surface area contributed by atoms with Gasteiger partial charge in [0.2, 0.25) is 5.91 Å². The Bertz CT molecular complexity index is 1080. The van der Waals surface area contributed by atoms with Gasteiger partial charge in [-0.15, -0.1) is 10.2 Å². The van der Waals surface area contributed by atoms with Crippen molar-refractivity contribution in [3.63, 3.8) is 0 Å². The highest BCUT2D eigenvalue weighted by molar-refractivity contribution is 7.99. The van der Waals surface area contributed by atoms with Crippen LogP contribution in [0.1, 0.15) is 38.6 Å². The minimum Gasteiger partial charge on any atom is -0.495 e. The van der Waals surface area contributed by atoms with Gasteiger partial charge in [0.15, 0.2) is 11.0 Å². The molecule has 0 bridgehead atoms. The Hall–Kier alpha value is -2.58. The highest BCUT2D eigenvalue weighted by atomic mass is 35.5. The summed E-state index contributed by atoms with van der Waals surface area (Å²) in [6.45, 7) is 2.28. The van der Waals surface area contributed by atoms with Crippen molar-refractivity contribution >= 4 is 35.0 Å². The summed E-state index contributed by atoms with van der Waals surface area (Å²) >= 11 is 7.46. The molecular formula is C23H26ClN5O2S. The van der Waals surface area contributed by atoms with Crippen LogP contribution in [0.15, 0.2) is 47.9 Å². The number of benzene rings is 1. The zero-order valence-corrected chi connectivity index (χ0v) is 19.7. The van der Waals surface area contributed by atoms with Crippen LogP contribution in [0.3, 0.4) is 0 Å². The third-order valence-electron chi connectivity index (χ3n) is 5.75. The van der Waals surface area contributed by atoms with E-state index >= 15 is 0 Å². The van der Waals surface area contributed by atoms with Crippen LogP contribution in [0, 0.1) is 5.92 Å². The summed E-state index contributed by atoms with van der Waals surface area (Å²) in [5.74, 6) is 1.91. The van der Waals surface area contributed by atoms with E-state index in [1.165, 1.54) is 31.0 Å². The summed E-state index contributed by atoms with van der Waals surface area (Å²) in [6, 6.07) is 9.32. The summed E-state index contributed by atoms with van der Waals surface area (Å²) in [6.07, 6.45) is 8.23. The van der Waals surface area contributed by atoms with E-state index in [4.69, 9.17) is 16.3 Å². The first-order chi connectivity index (χ1) is 15.6. The van der Waals surface area contributed by atoms with Crippen molar-refractivity contribution in [2.24, 2.45) is 5.92 Å². The number of carbonyl (C=O) groups is 1. The minimum absolute atomic E-state index is 0.162. The molecule has 1 aliphatic carbocycles. The van der Waals surface area contributed by atoms with Crippen LogP contribution in [-0.4, -0.2) is 38.5 Å². The first-order valence-electron chi connectivity index (χ1n) is 10.7. The van der Waals surface area contributed by atoms with Crippen LogP contribution in [0.2, 0.25) is 5.02 Å². The van der Waals surface area contributed by atoms with E-state index in [0.29, 0.717) is 28.4 Å². The topological polar surface area (TPSA) is 81.9 Å². The van der Waals surface area contributed by atoms with Gasteiger partial charge in [-0.3, -0.25) is 14.3 Å². The zero-order chi connectivity index (χ0) is 22.5. The molecule has 0 spiro atoms. The number of rotatable bonds is 7. The number of anilines is 1. The molecule has 4 rings (SSSR count). The molecule has 32 heavy (non-hydrogen) atoms. The fourth-order valence-electron chi connectivity index (χ4n) is 4.14. The van der Waals surface area contributed by atoms with Gasteiger partial charge in [0.1, 0.15) is 5.75 Å². The Labute approximate surface area is 196 Å². The third-order valence-corrected chi connectivity index (χ3v) is 6.93. The molecule has 2 atom stereocenters. The average Bonchev–Trinajstić information content (AvgIpc) is 3.22. The molecule has 0 saturated heterocycles. The minimum atomic E-state index is -0.162. The van der Waals surface area contributed by atoms with E-state index in [1.54, 1.807) is 37.7 Å². The number of methoxy groups -OCH3 is 1. The number of ether oxygens (including phenoxy) is 1. The Balaban J connectivity index is 1.55. The molecule has 1 aliphatic rings. The predicted octanol–water partition coefficient (Wildman–Crippen LogP) is 5.48. The van der Waals surface area contributed by atoms with E-state index in [-0.39, 0.29) is 11.7 Å². The molecule has 0 unspecified atom stereocenters. The Kier molecular flexibility index (Phi) is 7.32. The Morgan fingerprint density at radius 3 is 2.88 bits per heavy atom. The quantitative estimate of drug-likeness (QED) is 0.459. The van der Waals surface area contributed by atoms with Gasteiger partial charge in [0.05, 0.1) is 18.6 Å². The largest absolute Gasteiger partial charge is 0.495 e. The van der Waals surface area contributed by atoms with Gasteiger partial charge >= 0.3 is 0 Å². The van der Waals surface area contributed by atoms with Crippen molar-refractivity contribution in [1.29, 1.82) is 0 Å². The number of hydrogen-bond acceptors (Lipinski definition) is 6. The van der Waals surface area contributed by atoms with E-state index < -0.39 is 0 Å². The number of hydrogen-bond donors (Lipinski definition) is 1. The summed E-state index contributed by atoms with van der Waals surface area (Å²) < 4.78 is 7.52. The molecule has 1 saturated carbocycles. The molecule has 0 radical (unpaired) electrons. The van der Waals surface area contributed by atoms with Gasteiger partial charge < -0.3 is 10.1 Å². The van der Waals surface area contributed by atoms with Gasteiger partial charge in [-0.05, 0) is 49.1 Å². The number of carbonyl (C=O) groups excluding carboxylic acids is 1. The molecule has 2 aromatic heterocycles. The first-order valence-corrected chi connectivity index (χ1v) is 12.0. The zero-order valence-electron chi connectivity index (χ0n) is 18.1. The average molecular weight is 472 g/mol. The molecule has 2 heterocycles. The molecule has 1 fully saturated rings. The molecule has 1 N–H and O–H groups in total. The third kappa shape index (κ3) is 5.07. The SMILES string of the molecule is COc1ccc(Cl)cc1NC(=O)CSc1nnc(-c2cccnc2)n1[C@@H]1CCCC[C@H]1C. The maximum Gasteiger partial charge on any atom is 0.234 e. The second-order valence-electron chi connectivity index (χ2n) is 7.93. The number of pyridine rings is 1. The van der Waals surface area contributed by atoms with Crippen LogP contribution in [0.4, 0.5) is 5.69 Å². The van der Waals surface area contributed by atoms with Crippen molar-refractivity contribution in [2.45, 2.75) is 43.8 Å². The fourth-order valence-corrected chi connectivity index (χ4v) is 5.10. The number of aromatic nitrogens is 4. The standard InChI is InChI=1S/C23H26ClN5O2S/c1-15-6-3-4-8-19(15)29-22(16-7-5-11-25-13-16)27-28-23(29)32-14-21(30)26-18-12-17(24)9-10-20(18)31-2/h5,7,9-13,15,19H,3-4,6,8,14H2,1-2H3,(H,26,30)/t15-,19-/m1/s1. The first kappa shape index (κ1) is 22.6. The molecule has 3 aromatic rings. The van der Waals surface area contributed by atoms with E-state index in [1.807, 2.05) is 12.1 Å². The maximum absolute atomic E-state index is 12.7. The summed E-state index contributed by atoms with van der Waals surface area (Å²) in [4.78, 5) is 16.9. The molecule has 0 aliphatic heterocycles. The maximum atomic E-state index is 12.7. The highest BCUT2D eigenvalue weighted by Crippen LogP contribution is 2.39. The number of nitrogens with zero attached hydrogens (tertiary/aromatic N) is 4.